The summed E-state index contributed by atoms with van der Waals surface area (Å²) in [5.74, 6) is 1.42. The van der Waals surface area contributed by atoms with Gasteiger partial charge in [0.1, 0.15) is 0 Å². The molecule has 1 aliphatic heterocycles. The molecule has 0 spiro atoms. The summed E-state index contributed by atoms with van der Waals surface area (Å²) in [6, 6.07) is 8.28. The maximum absolute atomic E-state index is 5.39. The molecule has 1 N–H and O–H groups in total. The van der Waals surface area contributed by atoms with Crippen molar-refractivity contribution >= 4 is 28.3 Å². The van der Waals surface area contributed by atoms with Crippen molar-refractivity contribution in [1.82, 2.24) is 20.4 Å². The Morgan fingerprint density at radius 1 is 1.43 bits per heavy atom. The van der Waals surface area contributed by atoms with E-state index in [-0.39, 0.29) is 18.4 Å². The summed E-state index contributed by atoms with van der Waals surface area (Å²) in [4.78, 5) is 6.79. The van der Waals surface area contributed by atoms with Crippen molar-refractivity contribution < 1.29 is 4.52 Å². The molecule has 1 aliphatic rings. The third kappa shape index (κ3) is 3.83. The van der Waals surface area contributed by atoms with Crippen LogP contribution in [0, 0.1) is 0 Å². The number of rotatable bonds is 3. The summed E-state index contributed by atoms with van der Waals surface area (Å²) >= 11 is 3.54. The first kappa shape index (κ1) is 16.4. The van der Waals surface area contributed by atoms with E-state index in [1.807, 2.05) is 18.2 Å². The molecule has 0 aliphatic carbocycles. The minimum atomic E-state index is 0. The first-order chi connectivity index (χ1) is 9.74. The van der Waals surface area contributed by atoms with Crippen LogP contribution in [0.4, 0.5) is 0 Å². The lowest BCUT2D eigenvalue weighted by Gasteiger charge is -2.30. The Balaban J connectivity index is 0.00000161. The highest BCUT2D eigenvalue weighted by atomic mass is 79.9. The molecule has 2 aromatic rings. The predicted octanol–water partition coefficient (Wildman–Crippen LogP) is 2.42. The summed E-state index contributed by atoms with van der Waals surface area (Å²) in [6.45, 7) is 2.87. The quantitative estimate of drug-likeness (QED) is 0.895. The number of likely N-dealkylation sites (N-methyl/N-ethyl adjacent to an activating group) is 1. The number of aromatic nitrogens is 2. The minimum absolute atomic E-state index is 0. The second-order valence-electron chi connectivity index (χ2n) is 5.02. The molecular weight excluding hydrogens is 356 g/mol. The molecule has 1 aromatic carbocycles. The Labute approximate surface area is 138 Å². The number of hydrogen-bond acceptors (Lipinski definition) is 5. The number of piperazine rings is 1. The van der Waals surface area contributed by atoms with Gasteiger partial charge in [0.25, 0.3) is 0 Å². The van der Waals surface area contributed by atoms with Gasteiger partial charge in [0, 0.05) is 24.1 Å². The average molecular weight is 374 g/mol. The Kier molecular flexibility index (Phi) is 5.75. The van der Waals surface area contributed by atoms with Crippen LogP contribution >= 0.6 is 28.3 Å². The molecule has 21 heavy (non-hydrogen) atoms. The van der Waals surface area contributed by atoms with Crippen molar-refractivity contribution in [1.29, 1.82) is 0 Å². The molecule has 0 radical (unpaired) electrons. The van der Waals surface area contributed by atoms with Crippen LogP contribution in [0.1, 0.15) is 23.3 Å². The van der Waals surface area contributed by atoms with Gasteiger partial charge in [-0.2, -0.15) is 4.98 Å². The number of nitrogens with one attached hydrogen (secondary N) is 1. The molecule has 5 nitrogen and oxygen atoms in total. The fraction of sp³-hybridized carbons (Fsp3) is 0.429. The maximum atomic E-state index is 5.39. The van der Waals surface area contributed by atoms with Crippen LogP contribution in [0.15, 0.2) is 33.3 Å². The summed E-state index contributed by atoms with van der Waals surface area (Å²) < 4.78 is 6.45. The van der Waals surface area contributed by atoms with Gasteiger partial charge in [0.05, 0.1) is 12.5 Å². The van der Waals surface area contributed by atoms with Crippen molar-refractivity contribution in [2.24, 2.45) is 0 Å². The Morgan fingerprint density at radius 3 is 3.00 bits per heavy atom. The van der Waals surface area contributed by atoms with Gasteiger partial charge in [-0.1, -0.05) is 39.3 Å². The number of halogens is 2. The van der Waals surface area contributed by atoms with Crippen LogP contribution in [0.25, 0.3) is 0 Å². The van der Waals surface area contributed by atoms with Gasteiger partial charge in [-0.05, 0) is 18.7 Å². The van der Waals surface area contributed by atoms with E-state index in [1.54, 1.807) is 0 Å². The molecule has 0 amide bonds. The van der Waals surface area contributed by atoms with Crippen molar-refractivity contribution in [2.45, 2.75) is 12.5 Å². The summed E-state index contributed by atoms with van der Waals surface area (Å²) in [7, 11) is 2.09. The lowest BCUT2D eigenvalue weighted by Crippen LogP contribution is -2.44. The highest BCUT2D eigenvalue weighted by molar-refractivity contribution is 9.10. The highest BCUT2D eigenvalue weighted by Gasteiger charge is 2.25. The zero-order valence-electron chi connectivity index (χ0n) is 11.8. The highest BCUT2D eigenvalue weighted by Crippen LogP contribution is 2.21. The van der Waals surface area contributed by atoms with Crippen LogP contribution in [0.2, 0.25) is 0 Å². The second kappa shape index (κ2) is 7.35. The zero-order chi connectivity index (χ0) is 13.9. The fourth-order valence-corrected chi connectivity index (χ4v) is 2.80. The van der Waals surface area contributed by atoms with Gasteiger partial charge >= 0.3 is 0 Å². The molecule has 7 heteroatoms. The third-order valence-corrected chi connectivity index (χ3v) is 4.37. The molecule has 0 bridgehead atoms. The first-order valence-corrected chi connectivity index (χ1v) is 7.50. The van der Waals surface area contributed by atoms with Crippen molar-refractivity contribution in [3.63, 3.8) is 0 Å². The smallest absolute Gasteiger partial charge is 0.231 e. The lowest BCUT2D eigenvalue weighted by molar-refractivity contribution is 0.190. The molecule has 0 saturated carbocycles. The Bertz CT molecular complexity index is 592. The van der Waals surface area contributed by atoms with E-state index >= 15 is 0 Å². The fourth-order valence-electron chi connectivity index (χ4n) is 2.37. The van der Waals surface area contributed by atoms with E-state index < -0.39 is 0 Å². The SMILES string of the molecule is CN1CCNCC1c1noc(Cc2ccccc2Br)n1.Cl. The molecule has 1 atom stereocenters. The van der Waals surface area contributed by atoms with Crippen LogP contribution in [0.3, 0.4) is 0 Å². The number of hydrogen-bond donors (Lipinski definition) is 1. The predicted molar refractivity (Wildman–Crippen MR) is 86.7 cm³/mol. The van der Waals surface area contributed by atoms with Gasteiger partial charge in [-0.25, -0.2) is 0 Å². The van der Waals surface area contributed by atoms with E-state index in [0.717, 1.165) is 35.5 Å². The van der Waals surface area contributed by atoms with Crippen molar-refractivity contribution in [2.75, 3.05) is 26.7 Å². The lowest BCUT2D eigenvalue weighted by atomic mass is 10.1. The van der Waals surface area contributed by atoms with Gasteiger partial charge < -0.3 is 9.84 Å². The molecule has 2 heterocycles. The standard InChI is InChI=1S/C14H17BrN4O.ClH/c1-19-7-6-16-9-12(19)14-17-13(20-18-14)8-10-4-2-3-5-11(10)15;/h2-5,12,16H,6-9H2,1H3;1H. The summed E-state index contributed by atoms with van der Waals surface area (Å²) in [5.41, 5.74) is 1.15. The van der Waals surface area contributed by atoms with Crippen LogP contribution in [-0.2, 0) is 6.42 Å². The number of benzene rings is 1. The monoisotopic (exact) mass is 372 g/mol. The normalized spacial score (nSPS) is 19.2. The molecule has 114 valence electrons. The largest absolute Gasteiger partial charge is 0.339 e. The van der Waals surface area contributed by atoms with E-state index in [1.165, 1.54) is 0 Å². The van der Waals surface area contributed by atoms with E-state index in [0.29, 0.717) is 12.3 Å². The van der Waals surface area contributed by atoms with E-state index in [9.17, 15) is 0 Å². The average Bonchev–Trinajstić information content (AvgIpc) is 2.90. The van der Waals surface area contributed by atoms with E-state index in [2.05, 4.69) is 49.4 Å². The third-order valence-electron chi connectivity index (χ3n) is 3.59. The topological polar surface area (TPSA) is 54.2 Å². The van der Waals surface area contributed by atoms with Crippen LogP contribution in [-0.4, -0.2) is 41.7 Å². The zero-order valence-corrected chi connectivity index (χ0v) is 14.2. The molecule has 1 fully saturated rings. The van der Waals surface area contributed by atoms with Gasteiger partial charge in [-0.15, -0.1) is 12.4 Å². The van der Waals surface area contributed by atoms with Crippen molar-refractivity contribution in [3.8, 4) is 0 Å². The molecule has 1 aromatic heterocycles. The van der Waals surface area contributed by atoms with Gasteiger partial charge in [0.15, 0.2) is 5.82 Å². The van der Waals surface area contributed by atoms with Gasteiger partial charge in [0.2, 0.25) is 5.89 Å². The van der Waals surface area contributed by atoms with Crippen LogP contribution in [0.5, 0.6) is 0 Å². The minimum Gasteiger partial charge on any atom is -0.339 e. The molecule has 1 saturated heterocycles. The van der Waals surface area contributed by atoms with Crippen LogP contribution < -0.4 is 5.32 Å². The molecule has 3 rings (SSSR count). The van der Waals surface area contributed by atoms with Crippen molar-refractivity contribution in [3.05, 3.63) is 46.0 Å². The summed E-state index contributed by atoms with van der Waals surface area (Å²) in [5, 5.41) is 7.49. The second-order valence-corrected chi connectivity index (χ2v) is 5.87. The first-order valence-electron chi connectivity index (χ1n) is 6.71. The van der Waals surface area contributed by atoms with E-state index in [4.69, 9.17) is 4.52 Å². The summed E-state index contributed by atoms with van der Waals surface area (Å²) in [6.07, 6.45) is 0.651. The molecule has 1 unspecified atom stereocenters. The Hall–Kier alpha value is -0.950. The maximum Gasteiger partial charge on any atom is 0.231 e. The Morgan fingerprint density at radius 2 is 2.24 bits per heavy atom. The van der Waals surface area contributed by atoms with Gasteiger partial charge in [-0.3, -0.25) is 4.90 Å². The molecular formula is C14H18BrClN4O. The number of nitrogens with zero attached hydrogens (tertiary/aromatic N) is 3.